The minimum Gasteiger partial charge on any atom is -0.347 e. The molecule has 2 aromatic rings. The van der Waals surface area contributed by atoms with Crippen molar-refractivity contribution in [2.24, 2.45) is 7.05 Å². The van der Waals surface area contributed by atoms with E-state index in [4.69, 9.17) is 0 Å². The Hall–Kier alpha value is -2.01. The van der Waals surface area contributed by atoms with E-state index in [1.165, 1.54) is 34.0 Å². The van der Waals surface area contributed by atoms with Crippen molar-refractivity contribution >= 4 is 23.6 Å². The van der Waals surface area contributed by atoms with E-state index >= 15 is 0 Å². The number of carbonyl (C=O) groups is 2. The Morgan fingerprint density at radius 2 is 1.74 bits per heavy atom. The van der Waals surface area contributed by atoms with Gasteiger partial charge in [0, 0.05) is 18.1 Å². The second-order valence-electron chi connectivity index (χ2n) is 5.76. The average molecular weight is 330 g/mol. The molecule has 1 aromatic carbocycles. The lowest BCUT2D eigenvalue weighted by molar-refractivity contribution is -0.117. The van der Waals surface area contributed by atoms with Crippen molar-refractivity contribution in [3.63, 3.8) is 0 Å². The summed E-state index contributed by atoms with van der Waals surface area (Å²) in [6.07, 6.45) is 1.77. The lowest BCUT2D eigenvalue weighted by atomic mass is 10.0. The van der Waals surface area contributed by atoms with Crippen LogP contribution < -0.4 is 5.32 Å². The van der Waals surface area contributed by atoms with Gasteiger partial charge in [0.2, 0.25) is 5.91 Å². The monoisotopic (exact) mass is 330 g/mol. The molecule has 0 saturated heterocycles. The molecule has 5 heteroatoms. The highest BCUT2D eigenvalue weighted by Crippen LogP contribution is 2.30. The molecule has 0 aliphatic rings. The van der Waals surface area contributed by atoms with Crippen molar-refractivity contribution in [2.75, 3.05) is 5.75 Å². The number of amides is 2. The number of carbonyl (C=O) groups excluding carboxylic acids is 2. The van der Waals surface area contributed by atoms with Gasteiger partial charge in [-0.3, -0.25) is 14.9 Å². The van der Waals surface area contributed by atoms with Crippen molar-refractivity contribution < 1.29 is 9.59 Å². The summed E-state index contributed by atoms with van der Waals surface area (Å²) in [6.45, 7) is 8.28. The van der Waals surface area contributed by atoms with Crippen molar-refractivity contribution in [1.29, 1.82) is 0 Å². The molecule has 1 N–H and O–H groups in total. The first-order chi connectivity index (χ1) is 10.8. The molecule has 4 nitrogen and oxygen atoms in total. The molecule has 2 rings (SSSR count). The molecule has 23 heavy (non-hydrogen) atoms. The van der Waals surface area contributed by atoms with Gasteiger partial charge in [-0.1, -0.05) is 6.07 Å². The topological polar surface area (TPSA) is 51.1 Å². The van der Waals surface area contributed by atoms with E-state index in [0.717, 1.165) is 4.90 Å². The second kappa shape index (κ2) is 7.04. The van der Waals surface area contributed by atoms with Crippen LogP contribution in [0.1, 0.15) is 32.7 Å². The number of thioether (sulfide) groups is 1. The van der Waals surface area contributed by atoms with Crippen LogP contribution in [0.5, 0.6) is 0 Å². The molecule has 0 aliphatic heterocycles. The van der Waals surface area contributed by atoms with Crippen LogP contribution >= 0.6 is 11.8 Å². The summed E-state index contributed by atoms with van der Waals surface area (Å²) in [4.78, 5) is 25.2. The molecule has 0 spiro atoms. The maximum absolute atomic E-state index is 12.1. The van der Waals surface area contributed by atoms with Gasteiger partial charge in [-0.2, -0.15) is 0 Å². The molecule has 0 unspecified atom stereocenters. The predicted molar refractivity (Wildman–Crippen MR) is 94.0 cm³/mol. The summed E-state index contributed by atoms with van der Waals surface area (Å²) < 4.78 is 1.69. The van der Waals surface area contributed by atoms with Gasteiger partial charge in [-0.05, 0) is 62.1 Å². The molecule has 0 fully saturated rings. The van der Waals surface area contributed by atoms with Crippen molar-refractivity contribution in [2.45, 2.75) is 32.6 Å². The maximum Gasteiger partial charge on any atom is 0.274 e. The Morgan fingerprint density at radius 3 is 2.26 bits per heavy atom. The van der Waals surface area contributed by atoms with E-state index in [2.05, 4.69) is 39.1 Å². The second-order valence-corrected chi connectivity index (χ2v) is 6.75. The zero-order valence-corrected chi connectivity index (χ0v) is 15.0. The maximum atomic E-state index is 12.1. The highest BCUT2D eigenvalue weighted by atomic mass is 32.2. The molecule has 0 bridgehead atoms. The number of aryl methyl sites for hydroxylation is 3. The average Bonchev–Trinajstić information content (AvgIpc) is 2.91. The van der Waals surface area contributed by atoms with E-state index in [1.807, 2.05) is 0 Å². The van der Waals surface area contributed by atoms with Crippen molar-refractivity contribution in [1.82, 2.24) is 9.88 Å². The number of hydrogen-bond donors (Lipinski definition) is 1. The Bertz CT molecular complexity index is 736. The van der Waals surface area contributed by atoms with E-state index in [1.54, 1.807) is 29.9 Å². The van der Waals surface area contributed by atoms with Crippen LogP contribution in [-0.4, -0.2) is 22.1 Å². The highest BCUT2D eigenvalue weighted by molar-refractivity contribution is 8.00. The number of nitrogens with one attached hydrogen (secondary N) is 1. The van der Waals surface area contributed by atoms with E-state index in [-0.39, 0.29) is 17.6 Å². The molecule has 0 atom stereocenters. The van der Waals surface area contributed by atoms with Gasteiger partial charge < -0.3 is 4.57 Å². The summed E-state index contributed by atoms with van der Waals surface area (Å²) >= 11 is 1.48. The van der Waals surface area contributed by atoms with Crippen LogP contribution in [0, 0.1) is 27.7 Å². The SMILES string of the molecule is Cc1cc(C)c(C)c(SCC(=O)NC(=O)c2cccn2C)c1C. The molecule has 122 valence electrons. The van der Waals surface area contributed by atoms with Crippen LogP contribution in [0.4, 0.5) is 0 Å². The fraction of sp³-hybridized carbons (Fsp3) is 0.333. The molecule has 1 aromatic heterocycles. The van der Waals surface area contributed by atoms with E-state index < -0.39 is 0 Å². The minimum atomic E-state index is -0.364. The zero-order chi connectivity index (χ0) is 17.1. The summed E-state index contributed by atoms with van der Waals surface area (Å²) in [5.74, 6) is -0.420. The number of aromatic nitrogens is 1. The summed E-state index contributed by atoms with van der Waals surface area (Å²) in [5.41, 5.74) is 5.30. The first kappa shape index (κ1) is 17.3. The number of hydrogen-bond acceptors (Lipinski definition) is 3. The third-order valence-corrected chi connectivity index (χ3v) is 5.38. The number of imide groups is 1. The first-order valence-electron chi connectivity index (χ1n) is 7.47. The normalized spacial score (nSPS) is 10.7. The van der Waals surface area contributed by atoms with Gasteiger partial charge in [0.15, 0.2) is 0 Å². The van der Waals surface area contributed by atoms with Gasteiger partial charge in [0.25, 0.3) is 5.91 Å². The van der Waals surface area contributed by atoms with Crippen LogP contribution in [0.25, 0.3) is 0 Å². The lowest BCUT2D eigenvalue weighted by Gasteiger charge is -2.14. The third kappa shape index (κ3) is 3.85. The smallest absolute Gasteiger partial charge is 0.274 e. The zero-order valence-electron chi connectivity index (χ0n) is 14.2. The largest absolute Gasteiger partial charge is 0.347 e. The van der Waals surface area contributed by atoms with Crippen LogP contribution in [0.15, 0.2) is 29.3 Å². The number of rotatable bonds is 4. The Labute approximate surface area is 141 Å². The van der Waals surface area contributed by atoms with E-state index in [0.29, 0.717) is 5.69 Å². The fourth-order valence-electron chi connectivity index (χ4n) is 2.46. The quantitative estimate of drug-likeness (QED) is 0.875. The number of benzene rings is 1. The standard InChI is InChI=1S/C18H22N2O2S/c1-11-9-12(2)14(4)17(13(11)3)23-10-16(21)19-18(22)15-7-6-8-20(15)5/h6-9H,10H2,1-5H3,(H,19,21,22). The molecule has 1 heterocycles. The van der Waals surface area contributed by atoms with Crippen LogP contribution in [0.2, 0.25) is 0 Å². The third-order valence-electron chi connectivity index (χ3n) is 4.07. The van der Waals surface area contributed by atoms with Gasteiger partial charge in [-0.25, -0.2) is 0 Å². The highest BCUT2D eigenvalue weighted by Gasteiger charge is 2.15. The summed E-state index contributed by atoms with van der Waals surface area (Å²) in [5, 5.41) is 2.44. The lowest BCUT2D eigenvalue weighted by Crippen LogP contribution is -2.33. The molecular weight excluding hydrogens is 308 g/mol. The molecule has 0 saturated carbocycles. The predicted octanol–water partition coefficient (Wildman–Crippen LogP) is 3.31. The Morgan fingerprint density at radius 1 is 1.13 bits per heavy atom. The molecular formula is C18H22N2O2S. The fourth-order valence-corrected chi connectivity index (χ4v) is 3.56. The summed E-state index contributed by atoms with van der Waals surface area (Å²) in [7, 11) is 1.77. The van der Waals surface area contributed by atoms with Gasteiger partial charge >= 0.3 is 0 Å². The van der Waals surface area contributed by atoms with Crippen LogP contribution in [0.3, 0.4) is 0 Å². The molecule has 0 radical (unpaired) electrons. The Kier molecular flexibility index (Phi) is 5.31. The van der Waals surface area contributed by atoms with Gasteiger partial charge in [0.1, 0.15) is 5.69 Å². The van der Waals surface area contributed by atoms with Gasteiger partial charge in [0.05, 0.1) is 5.75 Å². The van der Waals surface area contributed by atoms with Crippen molar-refractivity contribution in [3.05, 3.63) is 52.3 Å². The van der Waals surface area contributed by atoms with E-state index in [9.17, 15) is 9.59 Å². The Balaban J connectivity index is 2.03. The number of nitrogens with zero attached hydrogens (tertiary/aromatic N) is 1. The molecule has 2 amide bonds. The first-order valence-corrected chi connectivity index (χ1v) is 8.45. The molecule has 0 aliphatic carbocycles. The van der Waals surface area contributed by atoms with Gasteiger partial charge in [-0.15, -0.1) is 11.8 Å². The summed E-state index contributed by atoms with van der Waals surface area (Å²) in [6, 6.07) is 5.62. The van der Waals surface area contributed by atoms with Crippen LogP contribution in [-0.2, 0) is 11.8 Å². The van der Waals surface area contributed by atoms with Crippen molar-refractivity contribution in [3.8, 4) is 0 Å². The minimum absolute atomic E-state index is 0.223.